The van der Waals surface area contributed by atoms with Crippen molar-refractivity contribution in [1.29, 1.82) is 0 Å². The molecule has 0 radical (unpaired) electrons. The lowest BCUT2D eigenvalue weighted by Gasteiger charge is -2.36. The monoisotopic (exact) mass is 565 g/mol. The fourth-order valence-electron chi connectivity index (χ4n) is 4.94. The molecule has 6 nitrogen and oxygen atoms in total. The van der Waals surface area contributed by atoms with Gasteiger partial charge in [-0.05, 0) is 56.3 Å². The Hall–Kier alpha value is -3.39. The molecule has 0 aliphatic carbocycles. The number of carbonyl (C=O) groups excluding carboxylic acids is 1. The smallest absolute Gasteiger partial charge is 0.271 e. The highest BCUT2D eigenvalue weighted by atomic mass is 35.5. The molecule has 3 aromatic carbocycles. The Bertz CT molecular complexity index is 1430. The topological polar surface area (TPSA) is 53.4 Å². The minimum atomic E-state index is -0.314. The van der Waals surface area contributed by atoms with Crippen LogP contribution in [0.15, 0.2) is 72.8 Å². The maximum absolute atomic E-state index is 13.6. The molecule has 0 saturated carbocycles. The van der Waals surface area contributed by atoms with Crippen molar-refractivity contribution in [2.75, 3.05) is 44.2 Å². The molecule has 1 aliphatic rings. The van der Waals surface area contributed by atoms with E-state index in [1.807, 2.05) is 54.0 Å². The number of rotatable bonds is 8. The lowest BCUT2D eigenvalue weighted by atomic mass is 10.2. The van der Waals surface area contributed by atoms with E-state index in [1.165, 1.54) is 12.1 Å². The van der Waals surface area contributed by atoms with Gasteiger partial charge >= 0.3 is 0 Å². The van der Waals surface area contributed by atoms with Gasteiger partial charge in [0.05, 0.1) is 21.4 Å². The van der Waals surface area contributed by atoms with Gasteiger partial charge in [-0.3, -0.25) is 14.3 Å². The molecule has 202 valence electrons. The molecule has 1 aliphatic heterocycles. The van der Waals surface area contributed by atoms with Crippen LogP contribution in [-0.4, -0.2) is 59.6 Å². The molecular weight excluding hydrogens is 536 g/mol. The van der Waals surface area contributed by atoms with Crippen LogP contribution >= 0.6 is 23.2 Å². The summed E-state index contributed by atoms with van der Waals surface area (Å²) in [6.45, 7) is 6.86. The largest absolute Gasteiger partial charge is 0.368 e. The van der Waals surface area contributed by atoms with Crippen LogP contribution in [-0.2, 0) is 0 Å². The molecular formula is C30H30Cl2FN5O. The molecule has 1 saturated heterocycles. The van der Waals surface area contributed by atoms with Crippen molar-refractivity contribution in [3.63, 3.8) is 0 Å². The van der Waals surface area contributed by atoms with E-state index < -0.39 is 0 Å². The summed E-state index contributed by atoms with van der Waals surface area (Å²) in [5.74, 6) is 0.110. The summed E-state index contributed by atoms with van der Waals surface area (Å²) in [6.07, 6.45) is 0.826. The fourth-order valence-corrected chi connectivity index (χ4v) is 5.36. The number of anilines is 1. The van der Waals surface area contributed by atoms with Crippen LogP contribution < -0.4 is 10.2 Å². The Morgan fingerprint density at radius 1 is 0.949 bits per heavy atom. The van der Waals surface area contributed by atoms with Crippen molar-refractivity contribution < 1.29 is 9.18 Å². The third-order valence-electron chi connectivity index (χ3n) is 7.02. The summed E-state index contributed by atoms with van der Waals surface area (Å²) < 4.78 is 15.5. The number of carbonyl (C=O) groups is 1. The van der Waals surface area contributed by atoms with Crippen LogP contribution in [0.2, 0.25) is 10.0 Å². The van der Waals surface area contributed by atoms with Crippen molar-refractivity contribution >= 4 is 34.8 Å². The van der Waals surface area contributed by atoms with E-state index >= 15 is 0 Å². The number of imidazole rings is 1. The van der Waals surface area contributed by atoms with Crippen LogP contribution in [0.25, 0.3) is 17.1 Å². The normalized spacial score (nSPS) is 14.0. The van der Waals surface area contributed by atoms with E-state index in [0.717, 1.165) is 56.1 Å². The van der Waals surface area contributed by atoms with Gasteiger partial charge in [0.25, 0.3) is 5.91 Å². The molecule has 0 unspecified atom stereocenters. The predicted octanol–water partition coefficient (Wildman–Crippen LogP) is 6.24. The quantitative estimate of drug-likeness (QED) is 0.257. The molecule has 1 amide bonds. The highest BCUT2D eigenvalue weighted by Gasteiger charge is 2.22. The van der Waals surface area contributed by atoms with E-state index in [9.17, 15) is 9.18 Å². The minimum absolute atomic E-state index is 0.217. The van der Waals surface area contributed by atoms with E-state index in [0.29, 0.717) is 33.8 Å². The molecule has 0 spiro atoms. The number of halogens is 3. The second-order valence-corrected chi connectivity index (χ2v) is 10.3. The van der Waals surface area contributed by atoms with E-state index in [2.05, 4.69) is 15.1 Å². The zero-order valence-corrected chi connectivity index (χ0v) is 23.2. The molecule has 2 heterocycles. The first-order chi connectivity index (χ1) is 18.9. The average Bonchev–Trinajstić information content (AvgIpc) is 3.31. The van der Waals surface area contributed by atoms with Gasteiger partial charge in [0.15, 0.2) is 0 Å². The van der Waals surface area contributed by atoms with Gasteiger partial charge in [-0.1, -0.05) is 59.6 Å². The van der Waals surface area contributed by atoms with Crippen LogP contribution in [0.5, 0.6) is 0 Å². The van der Waals surface area contributed by atoms with Crippen molar-refractivity contribution in [3.05, 3.63) is 100 Å². The lowest BCUT2D eigenvalue weighted by molar-refractivity contribution is 0.0946. The van der Waals surface area contributed by atoms with E-state index in [-0.39, 0.29) is 11.7 Å². The first-order valence-electron chi connectivity index (χ1n) is 13.0. The lowest BCUT2D eigenvalue weighted by Crippen LogP contribution is -2.47. The maximum atomic E-state index is 13.6. The SMILES string of the molecule is Cc1c(C(=O)NCCCN2CCN(c3cccc(Cl)c3Cl)CC2)nc(-c2ccccc2)n1-c1ccc(F)cc1. The Balaban J connectivity index is 1.19. The Kier molecular flexibility index (Phi) is 8.50. The molecule has 39 heavy (non-hydrogen) atoms. The second-order valence-electron chi connectivity index (χ2n) is 9.56. The highest BCUT2D eigenvalue weighted by Crippen LogP contribution is 2.33. The first-order valence-corrected chi connectivity index (χ1v) is 13.8. The molecule has 1 N–H and O–H groups in total. The van der Waals surface area contributed by atoms with Gasteiger partial charge in [-0.2, -0.15) is 0 Å². The van der Waals surface area contributed by atoms with E-state index in [1.54, 1.807) is 18.2 Å². The van der Waals surface area contributed by atoms with Gasteiger partial charge in [0.1, 0.15) is 17.3 Å². The Morgan fingerprint density at radius 3 is 2.38 bits per heavy atom. The second kappa shape index (κ2) is 12.2. The zero-order chi connectivity index (χ0) is 27.4. The molecule has 4 aromatic rings. The van der Waals surface area contributed by atoms with Crippen molar-refractivity contribution in [2.45, 2.75) is 13.3 Å². The fraction of sp³-hybridized carbons (Fsp3) is 0.267. The number of nitrogens with one attached hydrogen (secondary N) is 1. The molecule has 1 fully saturated rings. The number of piperazine rings is 1. The van der Waals surface area contributed by atoms with Crippen molar-refractivity contribution in [1.82, 2.24) is 19.8 Å². The summed E-state index contributed by atoms with van der Waals surface area (Å²) in [5, 5.41) is 4.21. The van der Waals surface area contributed by atoms with Crippen LogP contribution in [0.1, 0.15) is 22.6 Å². The Labute approximate surface area is 238 Å². The third kappa shape index (κ3) is 6.11. The molecule has 0 bridgehead atoms. The third-order valence-corrected chi connectivity index (χ3v) is 7.83. The number of amides is 1. The summed E-state index contributed by atoms with van der Waals surface area (Å²) >= 11 is 12.6. The number of hydrogen-bond donors (Lipinski definition) is 1. The van der Waals surface area contributed by atoms with Gasteiger partial charge in [-0.25, -0.2) is 9.37 Å². The van der Waals surface area contributed by atoms with Crippen LogP contribution in [0, 0.1) is 12.7 Å². The Morgan fingerprint density at radius 2 is 1.67 bits per heavy atom. The van der Waals surface area contributed by atoms with Gasteiger partial charge < -0.3 is 10.2 Å². The summed E-state index contributed by atoms with van der Waals surface area (Å²) in [4.78, 5) is 22.5. The average molecular weight is 567 g/mol. The van der Waals surface area contributed by atoms with Gasteiger partial charge in [-0.15, -0.1) is 0 Å². The molecule has 9 heteroatoms. The summed E-state index contributed by atoms with van der Waals surface area (Å²) in [5.41, 5.74) is 3.67. The summed E-state index contributed by atoms with van der Waals surface area (Å²) in [6, 6.07) is 21.6. The standard InChI is InChI=1S/C30H30Cl2FN5O/c1-21-28(35-29(22-7-3-2-4-8-22)38(21)24-13-11-23(33)12-14-24)30(39)34-15-6-16-36-17-19-37(20-18-36)26-10-5-9-25(31)27(26)32/h2-5,7-14H,6,15-20H2,1H3,(H,34,39). The van der Waals surface area contributed by atoms with Crippen LogP contribution in [0.3, 0.4) is 0 Å². The van der Waals surface area contributed by atoms with Gasteiger partial charge in [0.2, 0.25) is 0 Å². The maximum Gasteiger partial charge on any atom is 0.271 e. The van der Waals surface area contributed by atoms with Crippen molar-refractivity contribution in [3.8, 4) is 17.1 Å². The minimum Gasteiger partial charge on any atom is -0.368 e. The van der Waals surface area contributed by atoms with Gasteiger partial charge in [0, 0.05) is 44.0 Å². The van der Waals surface area contributed by atoms with Crippen molar-refractivity contribution in [2.24, 2.45) is 0 Å². The molecule has 0 atom stereocenters. The number of nitrogens with zero attached hydrogens (tertiary/aromatic N) is 4. The highest BCUT2D eigenvalue weighted by molar-refractivity contribution is 6.43. The number of hydrogen-bond acceptors (Lipinski definition) is 4. The van der Waals surface area contributed by atoms with E-state index in [4.69, 9.17) is 28.2 Å². The number of benzene rings is 3. The van der Waals surface area contributed by atoms with Crippen LogP contribution in [0.4, 0.5) is 10.1 Å². The summed E-state index contributed by atoms with van der Waals surface area (Å²) in [7, 11) is 0. The number of aromatic nitrogens is 2. The first kappa shape index (κ1) is 27.2. The predicted molar refractivity (Wildman–Crippen MR) is 156 cm³/mol. The zero-order valence-electron chi connectivity index (χ0n) is 21.7. The molecule has 1 aromatic heterocycles. The molecule has 5 rings (SSSR count).